The van der Waals surface area contributed by atoms with Crippen LogP contribution in [0.3, 0.4) is 0 Å². The van der Waals surface area contributed by atoms with E-state index in [-0.39, 0.29) is 28.6 Å². The van der Waals surface area contributed by atoms with Crippen LogP contribution in [0.4, 0.5) is 0 Å². The van der Waals surface area contributed by atoms with Crippen LogP contribution in [0.5, 0.6) is 11.5 Å². The van der Waals surface area contributed by atoms with Gasteiger partial charge >= 0.3 is 17.1 Å². The van der Waals surface area contributed by atoms with Gasteiger partial charge in [-0.05, 0) is 87.6 Å². The van der Waals surface area contributed by atoms with E-state index >= 15 is 0 Å². The summed E-state index contributed by atoms with van der Waals surface area (Å²) >= 11 is 0. The average molecular weight is 444 g/mol. The number of carbonyl (C=O) groups is 1. The summed E-state index contributed by atoms with van der Waals surface area (Å²) in [6.45, 7) is 0. The maximum absolute atomic E-state index is 11.8. The fourth-order valence-electron chi connectivity index (χ4n) is 2.38. The Morgan fingerprint density at radius 2 is 1.43 bits per heavy atom. The van der Waals surface area contributed by atoms with Crippen molar-refractivity contribution in [2.24, 2.45) is 0 Å². The summed E-state index contributed by atoms with van der Waals surface area (Å²) in [7, 11) is 3.12. The number of benzene rings is 1. The molecule has 2 saturated carbocycles. The van der Waals surface area contributed by atoms with E-state index in [0.29, 0.717) is 11.5 Å². The number of hydrogen-bond donors (Lipinski definition) is 1. The van der Waals surface area contributed by atoms with Crippen molar-refractivity contribution >= 4 is 11.9 Å². The third-order valence-electron chi connectivity index (χ3n) is 3.83. The number of aliphatic hydroxyl groups excluding tert-OH is 1. The molecule has 30 heavy (non-hydrogen) atoms. The molecule has 2 aliphatic carbocycles. The number of hydrogen-bond acceptors (Lipinski definition) is 4. The van der Waals surface area contributed by atoms with Gasteiger partial charge in [-0.2, -0.15) is 0 Å². The summed E-state index contributed by atoms with van der Waals surface area (Å²) in [5.41, 5.74) is 0.812. The second kappa shape index (κ2) is 14.9. The van der Waals surface area contributed by atoms with Crippen molar-refractivity contribution in [2.75, 3.05) is 14.2 Å². The van der Waals surface area contributed by atoms with E-state index < -0.39 is 0 Å². The maximum atomic E-state index is 11.8. The van der Waals surface area contributed by atoms with Crippen molar-refractivity contribution < 1.29 is 36.4 Å². The zero-order chi connectivity index (χ0) is 20.9. The van der Waals surface area contributed by atoms with Crippen LogP contribution in [0, 0.1) is 63.7 Å². The van der Waals surface area contributed by atoms with Crippen LogP contribution in [0.1, 0.15) is 5.56 Å². The van der Waals surface area contributed by atoms with Crippen molar-refractivity contribution in [3.63, 3.8) is 0 Å². The van der Waals surface area contributed by atoms with E-state index in [4.69, 9.17) is 9.47 Å². The van der Waals surface area contributed by atoms with Gasteiger partial charge < -0.3 is 14.6 Å². The minimum absolute atomic E-state index is 0. The van der Waals surface area contributed by atoms with E-state index in [1.807, 2.05) is 63.9 Å². The summed E-state index contributed by atoms with van der Waals surface area (Å²) < 4.78 is 10.4. The molecule has 1 aromatic carbocycles. The first-order chi connectivity index (χ1) is 14.1. The van der Waals surface area contributed by atoms with E-state index in [0.717, 1.165) is 17.6 Å². The number of methoxy groups -OCH3 is 2. The molecule has 0 saturated heterocycles. The Balaban J connectivity index is 0.000000655. The van der Waals surface area contributed by atoms with Gasteiger partial charge in [0.2, 0.25) is 0 Å². The fourth-order valence-corrected chi connectivity index (χ4v) is 2.38. The number of ketones is 1. The van der Waals surface area contributed by atoms with Gasteiger partial charge in [-0.1, -0.05) is 18.2 Å². The largest absolute Gasteiger partial charge is 2.00 e. The molecule has 0 spiro atoms. The van der Waals surface area contributed by atoms with Gasteiger partial charge in [-0.3, -0.25) is 4.79 Å². The predicted octanol–water partition coefficient (Wildman–Crippen LogP) is 4.71. The molecule has 3 rings (SSSR count). The smallest absolute Gasteiger partial charge is 0.508 e. The molecule has 0 aliphatic heterocycles. The summed E-state index contributed by atoms with van der Waals surface area (Å²) in [6.07, 6.45) is 25.0. The van der Waals surface area contributed by atoms with Crippen molar-refractivity contribution in [3.05, 3.63) is 118 Å². The molecule has 0 amide bonds. The molecule has 0 unspecified atom stereocenters. The van der Waals surface area contributed by atoms with Gasteiger partial charge in [0.05, 0.1) is 14.2 Å². The first-order valence-corrected chi connectivity index (χ1v) is 9.03. The molecule has 2 fully saturated rings. The summed E-state index contributed by atoms with van der Waals surface area (Å²) in [4.78, 5) is 11.8. The van der Waals surface area contributed by atoms with Crippen molar-refractivity contribution in [3.8, 4) is 11.5 Å². The Morgan fingerprint density at radius 1 is 0.833 bits per heavy atom. The molecular formula is C25H24FeO4+2. The van der Waals surface area contributed by atoms with Crippen LogP contribution >= 0.6 is 0 Å². The SMILES string of the molecule is COc1ccc(/C=C/C(O)=C/C(=O)/C=C/[C]2[CH][CH][CH][CH]2)cc1OC.[CH]1[CH][CH][CH][CH]1.[Fe+2]. The number of carbonyl (C=O) groups excluding carboxylic acids is 1. The third kappa shape index (κ3) is 9.69. The van der Waals surface area contributed by atoms with Crippen LogP contribution in [-0.2, 0) is 21.9 Å². The standard InChI is InChI=1S/C20H19O4.C5H5.Fe/c1-23-19-12-9-16(13-20(19)24-2)8-11-18(22)14-17(21)10-7-15-5-3-4-6-15;1-2-4-5-3-1;/h3-14,22H,1-2H3;1-5H;/q;;+2/b10-7+,11-8+,18-14-;;. The van der Waals surface area contributed by atoms with Crippen molar-refractivity contribution in [1.29, 1.82) is 0 Å². The van der Waals surface area contributed by atoms with Crippen molar-refractivity contribution in [2.45, 2.75) is 0 Å². The minimum Gasteiger partial charge on any atom is -0.508 e. The molecule has 1 aromatic rings. The Morgan fingerprint density at radius 3 is 2.00 bits per heavy atom. The van der Waals surface area contributed by atoms with Crippen molar-refractivity contribution in [1.82, 2.24) is 0 Å². The van der Waals surface area contributed by atoms with Gasteiger partial charge in [0.15, 0.2) is 17.3 Å². The van der Waals surface area contributed by atoms with Crippen LogP contribution in [0.15, 0.2) is 48.3 Å². The molecule has 5 heteroatoms. The van der Waals surface area contributed by atoms with Gasteiger partial charge in [-0.25, -0.2) is 0 Å². The molecule has 2 aliphatic rings. The minimum atomic E-state index is -0.286. The normalized spacial score (nSPS) is 16.9. The summed E-state index contributed by atoms with van der Waals surface area (Å²) in [6, 6.07) is 5.37. The molecule has 0 aromatic heterocycles. The van der Waals surface area contributed by atoms with E-state index in [1.54, 1.807) is 38.5 Å². The van der Waals surface area contributed by atoms with Crippen LogP contribution in [0.25, 0.3) is 6.08 Å². The first kappa shape index (κ1) is 26.1. The Labute approximate surface area is 191 Å². The number of ether oxygens (including phenoxy) is 2. The Hall–Kier alpha value is -1.97. The third-order valence-corrected chi connectivity index (χ3v) is 3.83. The molecule has 4 nitrogen and oxygen atoms in total. The quantitative estimate of drug-likeness (QED) is 0.287. The Bertz CT molecular complexity index is 719. The average Bonchev–Trinajstić information content (AvgIpc) is 3.47. The van der Waals surface area contributed by atoms with E-state index in [2.05, 4.69) is 0 Å². The maximum Gasteiger partial charge on any atom is 2.00 e. The molecule has 1 N–H and O–H groups in total. The molecule has 10 radical (unpaired) electrons. The van der Waals surface area contributed by atoms with E-state index in [9.17, 15) is 9.90 Å². The molecule has 0 atom stereocenters. The monoisotopic (exact) mass is 444 g/mol. The zero-order valence-electron chi connectivity index (χ0n) is 16.8. The summed E-state index contributed by atoms with van der Waals surface area (Å²) in [5.74, 6) is 1.75. The van der Waals surface area contributed by atoms with Gasteiger partial charge in [0, 0.05) is 12.0 Å². The topological polar surface area (TPSA) is 55.8 Å². The number of rotatable bonds is 7. The fraction of sp³-hybridized carbons (Fsp3) is 0.0800. The zero-order valence-corrected chi connectivity index (χ0v) is 17.9. The first-order valence-electron chi connectivity index (χ1n) is 9.03. The molecule has 0 heterocycles. The second-order valence-corrected chi connectivity index (χ2v) is 5.93. The van der Waals surface area contributed by atoms with Gasteiger partial charge in [-0.15, -0.1) is 0 Å². The molecule has 154 valence electrons. The van der Waals surface area contributed by atoms with Crippen LogP contribution < -0.4 is 9.47 Å². The second-order valence-electron chi connectivity index (χ2n) is 5.93. The van der Waals surface area contributed by atoms with Gasteiger partial charge in [0.1, 0.15) is 5.76 Å². The van der Waals surface area contributed by atoms with Crippen LogP contribution in [-0.4, -0.2) is 25.1 Å². The number of aliphatic hydroxyl groups is 1. The molecule has 0 bridgehead atoms. The number of allylic oxidation sites excluding steroid dienone is 4. The van der Waals surface area contributed by atoms with Gasteiger partial charge in [0.25, 0.3) is 0 Å². The van der Waals surface area contributed by atoms with E-state index in [1.165, 1.54) is 12.2 Å². The Kier molecular flexibility index (Phi) is 13.0. The van der Waals surface area contributed by atoms with Crippen LogP contribution in [0.2, 0.25) is 0 Å². The predicted molar refractivity (Wildman–Crippen MR) is 115 cm³/mol. The summed E-state index contributed by atoms with van der Waals surface area (Å²) in [5, 5.41) is 9.83. The molecular weight excluding hydrogens is 420 g/mol.